The molecule has 2 aromatic heterocycles. The van der Waals surface area contributed by atoms with Crippen LogP contribution in [0.5, 0.6) is 0 Å². The van der Waals surface area contributed by atoms with E-state index < -0.39 is 0 Å². The van der Waals surface area contributed by atoms with Crippen molar-refractivity contribution in [1.82, 2.24) is 9.38 Å². The molecule has 4 aromatic rings. The molecule has 0 saturated carbocycles. The Morgan fingerprint density at radius 1 is 0.938 bits per heavy atom. The number of carbonyl (C=O) groups excluding carboxylic acids is 2. The average molecular weight is 446 g/mol. The van der Waals surface area contributed by atoms with Gasteiger partial charge in [-0.05, 0) is 55.0 Å². The number of benzene rings is 2. The van der Waals surface area contributed by atoms with Crippen LogP contribution in [-0.4, -0.2) is 21.3 Å². The number of nitrogens with one attached hydrogen (secondary N) is 3. The van der Waals surface area contributed by atoms with Gasteiger partial charge in [-0.25, -0.2) is 9.78 Å². The number of halogens is 1. The molecule has 0 fully saturated rings. The first-order valence-corrected chi connectivity index (χ1v) is 10.2. The van der Waals surface area contributed by atoms with Gasteiger partial charge < -0.3 is 16.0 Å². The standard InChI is InChI=1S/C24H20ClN5O2/c1-16-10-11-18(27-24(32)26-17-7-3-2-4-8-17)15-19(16)28-22(31)13-12-20-23(25)29-21-9-5-6-14-30(20)21/h2-15H,1H3,(H,28,31)(H2,26,27,32)/b13-12+. The van der Waals surface area contributed by atoms with E-state index in [1.54, 1.807) is 34.7 Å². The minimum atomic E-state index is -0.375. The van der Waals surface area contributed by atoms with Crippen LogP contribution in [0, 0.1) is 6.92 Å². The summed E-state index contributed by atoms with van der Waals surface area (Å²) in [5.74, 6) is -0.332. The summed E-state index contributed by atoms with van der Waals surface area (Å²) in [5.41, 5.74) is 3.98. The highest BCUT2D eigenvalue weighted by atomic mass is 35.5. The summed E-state index contributed by atoms with van der Waals surface area (Å²) < 4.78 is 1.80. The van der Waals surface area contributed by atoms with E-state index in [9.17, 15) is 9.59 Å². The molecule has 8 heteroatoms. The smallest absolute Gasteiger partial charge is 0.322 e. The highest BCUT2D eigenvalue weighted by Crippen LogP contribution is 2.22. The third kappa shape index (κ3) is 4.96. The van der Waals surface area contributed by atoms with Crippen molar-refractivity contribution in [2.75, 3.05) is 16.0 Å². The van der Waals surface area contributed by atoms with Crippen LogP contribution in [0.25, 0.3) is 11.7 Å². The maximum absolute atomic E-state index is 12.5. The first-order valence-electron chi connectivity index (χ1n) is 9.85. The summed E-state index contributed by atoms with van der Waals surface area (Å²) in [6.07, 6.45) is 4.83. The highest BCUT2D eigenvalue weighted by molar-refractivity contribution is 6.31. The van der Waals surface area contributed by atoms with Crippen LogP contribution < -0.4 is 16.0 Å². The number of nitrogens with zero attached hydrogens (tertiary/aromatic N) is 2. The van der Waals surface area contributed by atoms with Gasteiger partial charge in [0.1, 0.15) is 5.65 Å². The summed E-state index contributed by atoms with van der Waals surface area (Å²) in [6, 6.07) is 19.6. The number of rotatable bonds is 5. The van der Waals surface area contributed by atoms with Gasteiger partial charge in [0, 0.05) is 29.3 Å². The van der Waals surface area contributed by atoms with Gasteiger partial charge in [0.05, 0.1) is 5.69 Å². The van der Waals surface area contributed by atoms with Crippen LogP contribution in [0.3, 0.4) is 0 Å². The normalized spacial score (nSPS) is 10.9. The lowest BCUT2D eigenvalue weighted by Gasteiger charge is -2.11. The Morgan fingerprint density at radius 3 is 2.50 bits per heavy atom. The maximum Gasteiger partial charge on any atom is 0.323 e. The van der Waals surface area contributed by atoms with Gasteiger partial charge in [-0.2, -0.15) is 0 Å². The van der Waals surface area contributed by atoms with E-state index in [-0.39, 0.29) is 11.9 Å². The first kappa shape index (κ1) is 21.1. The van der Waals surface area contributed by atoms with Crippen molar-refractivity contribution >= 4 is 52.3 Å². The van der Waals surface area contributed by atoms with Crippen molar-refractivity contribution in [3.63, 3.8) is 0 Å². The van der Waals surface area contributed by atoms with Crippen molar-refractivity contribution in [3.8, 4) is 0 Å². The minimum Gasteiger partial charge on any atom is -0.322 e. The largest absolute Gasteiger partial charge is 0.323 e. The van der Waals surface area contributed by atoms with Crippen LogP contribution in [0.1, 0.15) is 11.3 Å². The van der Waals surface area contributed by atoms with Crippen LogP contribution in [0.4, 0.5) is 21.9 Å². The van der Waals surface area contributed by atoms with Crippen LogP contribution in [0.2, 0.25) is 5.15 Å². The SMILES string of the molecule is Cc1ccc(NC(=O)Nc2ccccc2)cc1NC(=O)/C=C/c1c(Cl)nc2ccccn12. The first-order chi connectivity index (χ1) is 15.5. The fourth-order valence-corrected chi connectivity index (χ4v) is 3.35. The number of para-hydroxylation sites is 1. The van der Waals surface area contributed by atoms with Gasteiger partial charge in [0.15, 0.2) is 5.15 Å². The number of imidazole rings is 1. The monoisotopic (exact) mass is 445 g/mol. The lowest BCUT2D eigenvalue weighted by atomic mass is 10.1. The Hall–Kier alpha value is -4.10. The fraction of sp³-hybridized carbons (Fsp3) is 0.0417. The van der Waals surface area contributed by atoms with Gasteiger partial charge in [-0.3, -0.25) is 9.20 Å². The predicted molar refractivity (Wildman–Crippen MR) is 128 cm³/mol. The van der Waals surface area contributed by atoms with Gasteiger partial charge in [0.2, 0.25) is 5.91 Å². The second-order valence-corrected chi connectivity index (χ2v) is 7.37. The van der Waals surface area contributed by atoms with Crippen molar-refractivity contribution in [1.29, 1.82) is 0 Å². The second-order valence-electron chi connectivity index (χ2n) is 7.01. The number of carbonyl (C=O) groups is 2. The molecule has 0 radical (unpaired) electrons. The maximum atomic E-state index is 12.5. The average Bonchev–Trinajstić information content (AvgIpc) is 3.10. The summed E-state index contributed by atoms with van der Waals surface area (Å²) >= 11 is 6.20. The van der Waals surface area contributed by atoms with E-state index >= 15 is 0 Å². The highest BCUT2D eigenvalue weighted by Gasteiger charge is 2.09. The van der Waals surface area contributed by atoms with E-state index in [0.717, 1.165) is 5.56 Å². The summed E-state index contributed by atoms with van der Waals surface area (Å²) in [7, 11) is 0. The second kappa shape index (κ2) is 9.36. The number of anilines is 3. The molecule has 7 nitrogen and oxygen atoms in total. The molecular weight excluding hydrogens is 426 g/mol. The van der Waals surface area contributed by atoms with E-state index in [2.05, 4.69) is 20.9 Å². The zero-order valence-corrected chi connectivity index (χ0v) is 17.9. The molecule has 3 amide bonds. The molecular formula is C24H20ClN5O2. The van der Waals surface area contributed by atoms with E-state index in [0.29, 0.717) is 33.6 Å². The molecule has 0 aliphatic heterocycles. The minimum absolute atomic E-state index is 0.312. The lowest BCUT2D eigenvalue weighted by Crippen LogP contribution is -2.19. The molecule has 4 rings (SSSR count). The molecule has 2 aromatic carbocycles. The number of amides is 3. The van der Waals surface area contributed by atoms with Crippen LogP contribution in [0.15, 0.2) is 79.0 Å². The fourth-order valence-electron chi connectivity index (χ4n) is 3.11. The number of aromatic nitrogens is 2. The summed E-state index contributed by atoms with van der Waals surface area (Å²) in [5, 5.41) is 8.66. The van der Waals surface area contributed by atoms with Gasteiger partial charge in [-0.15, -0.1) is 0 Å². The van der Waals surface area contributed by atoms with E-state index in [4.69, 9.17) is 11.6 Å². The molecule has 2 heterocycles. The number of hydrogen-bond donors (Lipinski definition) is 3. The number of pyridine rings is 1. The Kier molecular flexibility index (Phi) is 6.19. The molecule has 160 valence electrons. The Balaban J connectivity index is 1.44. The molecule has 32 heavy (non-hydrogen) atoms. The molecule has 0 spiro atoms. The molecule has 0 aliphatic rings. The van der Waals surface area contributed by atoms with E-state index in [1.807, 2.05) is 55.6 Å². The number of urea groups is 1. The van der Waals surface area contributed by atoms with Crippen molar-refractivity contribution < 1.29 is 9.59 Å². The molecule has 0 saturated heterocycles. The zero-order chi connectivity index (χ0) is 22.5. The topological polar surface area (TPSA) is 87.5 Å². The van der Waals surface area contributed by atoms with Crippen LogP contribution >= 0.6 is 11.6 Å². The third-order valence-electron chi connectivity index (χ3n) is 4.70. The Bertz CT molecular complexity index is 1310. The quantitative estimate of drug-likeness (QED) is 0.350. The van der Waals surface area contributed by atoms with Crippen LogP contribution in [-0.2, 0) is 4.79 Å². The summed E-state index contributed by atoms with van der Waals surface area (Å²) in [6.45, 7) is 1.87. The van der Waals surface area contributed by atoms with Crippen molar-refractivity contribution in [2.45, 2.75) is 6.92 Å². The zero-order valence-electron chi connectivity index (χ0n) is 17.2. The Morgan fingerprint density at radius 2 is 1.69 bits per heavy atom. The number of hydrogen-bond acceptors (Lipinski definition) is 3. The number of fused-ring (bicyclic) bond motifs is 1. The molecule has 3 N–H and O–H groups in total. The molecule has 0 bridgehead atoms. The van der Waals surface area contributed by atoms with Gasteiger partial charge in [-0.1, -0.05) is 41.9 Å². The van der Waals surface area contributed by atoms with Gasteiger partial charge in [0.25, 0.3) is 0 Å². The van der Waals surface area contributed by atoms with Crippen molar-refractivity contribution in [2.24, 2.45) is 0 Å². The summed E-state index contributed by atoms with van der Waals surface area (Å²) in [4.78, 5) is 29.0. The van der Waals surface area contributed by atoms with Crippen molar-refractivity contribution in [3.05, 3.63) is 95.4 Å². The van der Waals surface area contributed by atoms with Gasteiger partial charge >= 0.3 is 6.03 Å². The predicted octanol–water partition coefficient (Wildman–Crippen LogP) is 5.59. The number of aryl methyl sites for hydroxylation is 1. The third-order valence-corrected chi connectivity index (χ3v) is 4.98. The molecule has 0 unspecified atom stereocenters. The Labute approximate surface area is 189 Å². The molecule has 0 atom stereocenters. The lowest BCUT2D eigenvalue weighted by molar-refractivity contribution is -0.111. The van der Waals surface area contributed by atoms with E-state index in [1.165, 1.54) is 6.08 Å². The molecule has 0 aliphatic carbocycles.